The van der Waals surface area contributed by atoms with E-state index >= 15 is 0 Å². The Morgan fingerprint density at radius 1 is 1.28 bits per heavy atom. The van der Waals surface area contributed by atoms with Gasteiger partial charge in [-0.3, -0.25) is 0 Å². The van der Waals surface area contributed by atoms with Crippen LogP contribution < -0.4 is 10.1 Å². The molecule has 0 aliphatic heterocycles. The predicted molar refractivity (Wildman–Crippen MR) is 76.8 cm³/mol. The Morgan fingerprint density at radius 2 is 2.00 bits per heavy atom. The van der Waals surface area contributed by atoms with E-state index in [0.717, 1.165) is 28.0 Å². The van der Waals surface area contributed by atoms with E-state index in [4.69, 9.17) is 4.74 Å². The van der Waals surface area contributed by atoms with Gasteiger partial charge in [0.15, 0.2) is 0 Å². The molecule has 0 amide bonds. The first-order chi connectivity index (χ1) is 8.72. The number of nitrogens with one attached hydrogen (secondary N) is 1. The summed E-state index contributed by atoms with van der Waals surface area (Å²) in [6.45, 7) is 0. The summed E-state index contributed by atoms with van der Waals surface area (Å²) in [5.74, 6) is 3.77. The molecule has 0 bridgehead atoms. The minimum absolute atomic E-state index is 0.470. The number of fused-ring (bicyclic) bond motifs is 1. The molecule has 0 radical (unpaired) electrons. The second kappa shape index (κ2) is 4.86. The molecule has 3 atom stereocenters. The molecule has 18 heavy (non-hydrogen) atoms. The topological polar surface area (TPSA) is 21.3 Å². The standard InChI is InChI=1S/C15H20BrNO/c1-17-15(11-6-9-5-10(9)7-11)13-4-3-12(18-2)8-14(13)16/h3-4,8-11,15,17H,5-7H2,1-2H3. The number of rotatable bonds is 4. The number of hydrogen-bond acceptors (Lipinski definition) is 2. The molecular formula is C15H20BrNO. The Morgan fingerprint density at radius 3 is 2.56 bits per heavy atom. The zero-order valence-corrected chi connectivity index (χ0v) is 12.5. The van der Waals surface area contributed by atoms with Crippen LogP contribution in [0.1, 0.15) is 30.9 Å². The van der Waals surface area contributed by atoms with Crippen molar-refractivity contribution in [3.8, 4) is 5.75 Å². The normalized spacial score (nSPS) is 30.9. The van der Waals surface area contributed by atoms with E-state index in [-0.39, 0.29) is 0 Å². The Hall–Kier alpha value is -0.540. The maximum Gasteiger partial charge on any atom is 0.120 e. The van der Waals surface area contributed by atoms with Gasteiger partial charge in [0.05, 0.1) is 7.11 Å². The molecule has 0 heterocycles. The third-order valence-corrected chi connectivity index (χ3v) is 5.29. The average molecular weight is 310 g/mol. The van der Waals surface area contributed by atoms with E-state index in [1.165, 1.54) is 24.8 Å². The van der Waals surface area contributed by atoms with Crippen molar-refractivity contribution in [2.75, 3.05) is 14.2 Å². The lowest BCUT2D eigenvalue weighted by Gasteiger charge is -2.26. The van der Waals surface area contributed by atoms with Gasteiger partial charge >= 0.3 is 0 Å². The monoisotopic (exact) mass is 309 g/mol. The summed E-state index contributed by atoms with van der Waals surface area (Å²) in [5, 5.41) is 3.51. The SMILES string of the molecule is CNC(c1ccc(OC)cc1Br)C1CC2CC2C1. The second-order valence-electron chi connectivity index (χ2n) is 5.64. The molecule has 2 fully saturated rings. The maximum atomic E-state index is 5.26. The van der Waals surface area contributed by atoms with Crippen molar-refractivity contribution >= 4 is 15.9 Å². The summed E-state index contributed by atoms with van der Waals surface area (Å²) < 4.78 is 6.42. The fourth-order valence-corrected chi connectivity index (χ4v) is 4.17. The van der Waals surface area contributed by atoms with E-state index in [1.54, 1.807) is 7.11 Å². The molecule has 3 rings (SSSR count). The summed E-state index contributed by atoms with van der Waals surface area (Å²) in [5.41, 5.74) is 1.37. The fraction of sp³-hybridized carbons (Fsp3) is 0.600. The Balaban J connectivity index is 1.82. The van der Waals surface area contributed by atoms with Crippen LogP contribution in [0.4, 0.5) is 0 Å². The molecule has 0 spiro atoms. The third kappa shape index (κ3) is 2.19. The molecule has 0 aromatic heterocycles. The highest BCUT2D eigenvalue weighted by molar-refractivity contribution is 9.10. The third-order valence-electron chi connectivity index (χ3n) is 4.61. The van der Waals surface area contributed by atoms with Gasteiger partial charge in [0, 0.05) is 10.5 Å². The lowest BCUT2D eigenvalue weighted by atomic mass is 9.89. The minimum atomic E-state index is 0.470. The van der Waals surface area contributed by atoms with E-state index in [2.05, 4.69) is 46.5 Å². The van der Waals surface area contributed by atoms with Gasteiger partial charge in [-0.05, 0) is 61.8 Å². The number of halogens is 1. The van der Waals surface area contributed by atoms with Crippen LogP contribution in [0.5, 0.6) is 5.75 Å². The average Bonchev–Trinajstić information content (AvgIpc) is 2.99. The van der Waals surface area contributed by atoms with Gasteiger partial charge in [-0.25, -0.2) is 0 Å². The van der Waals surface area contributed by atoms with Crippen LogP contribution in [0.2, 0.25) is 0 Å². The van der Waals surface area contributed by atoms with Crippen molar-refractivity contribution in [1.82, 2.24) is 5.32 Å². The van der Waals surface area contributed by atoms with E-state index in [0.29, 0.717) is 6.04 Å². The second-order valence-corrected chi connectivity index (χ2v) is 6.50. The lowest BCUT2D eigenvalue weighted by molar-refractivity contribution is 0.357. The summed E-state index contributed by atoms with van der Waals surface area (Å²) in [7, 11) is 3.78. The van der Waals surface area contributed by atoms with E-state index < -0.39 is 0 Å². The highest BCUT2D eigenvalue weighted by Crippen LogP contribution is 2.57. The van der Waals surface area contributed by atoms with Crippen LogP contribution >= 0.6 is 15.9 Å². The molecule has 2 aliphatic carbocycles. The van der Waals surface area contributed by atoms with Crippen LogP contribution in [0.15, 0.2) is 22.7 Å². The van der Waals surface area contributed by atoms with Crippen LogP contribution in [-0.2, 0) is 0 Å². The molecule has 0 saturated heterocycles. The Kier molecular flexibility index (Phi) is 3.37. The van der Waals surface area contributed by atoms with Crippen molar-refractivity contribution in [3.05, 3.63) is 28.2 Å². The van der Waals surface area contributed by atoms with Crippen molar-refractivity contribution < 1.29 is 4.74 Å². The lowest BCUT2D eigenvalue weighted by Crippen LogP contribution is -2.24. The van der Waals surface area contributed by atoms with Crippen LogP contribution in [-0.4, -0.2) is 14.2 Å². The van der Waals surface area contributed by atoms with Gasteiger partial charge < -0.3 is 10.1 Å². The van der Waals surface area contributed by atoms with Crippen molar-refractivity contribution in [2.45, 2.75) is 25.3 Å². The number of ether oxygens (including phenoxy) is 1. The van der Waals surface area contributed by atoms with Crippen LogP contribution in [0.3, 0.4) is 0 Å². The maximum absolute atomic E-state index is 5.26. The van der Waals surface area contributed by atoms with Crippen LogP contribution in [0.25, 0.3) is 0 Å². The first-order valence-corrected chi connectivity index (χ1v) is 7.53. The first-order valence-electron chi connectivity index (χ1n) is 6.73. The molecule has 98 valence electrons. The summed E-state index contributed by atoms with van der Waals surface area (Å²) in [4.78, 5) is 0. The molecule has 1 aromatic rings. The number of hydrogen-bond donors (Lipinski definition) is 1. The van der Waals surface area contributed by atoms with Gasteiger partial charge in [-0.1, -0.05) is 22.0 Å². The summed E-state index contributed by atoms with van der Waals surface area (Å²) in [6.07, 6.45) is 4.28. The molecule has 1 aromatic carbocycles. The van der Waals surface area contributed by atoms with Gasteiger partial charge in [-0.2, -0.15) is 0 Å². The predicted octanol–water partition coefficient (Wildman–Crippen LogP) is 3.76. The molecule has 1 N–H and O–H groups in total. The van der Waals surface area contributed by atoms with Gasteiger partial charge in [0.25, 0.3) is 0 Å². The summed E-state index contributed by atoms with van der Waals surface area (Å²) in [6, 6.07) is 6.78. The van der Waals surface area contributed by atoms with Gasteiger partial charge in [-0.15, -0.1) is 0 Å². The molecule has 2 saturated carbocycles. The highest BCUT2D eigenvalue weighted by atomic mass is 79.9. The zero-order chi connectivity index (χ0) is 12.7. The van der Waals surface area contributed by atoms with Crippen molar-refractivity contribution in [3.63, 3.8) is 0 Å². The molecule has 2 aliphatic rings. The molecular weight excluding hydrogens is 290 g/mol. The molecule has 3 heteroatoms. The quantitative estimate of drug-likeness (QED) is 0.914. The van der Waals surface area contributed by atoms with E-state index in [9.17, 15) is 0 Å². The highest BCUT2D eigenvalue weighted by Gasteiger charge is 2.48. The van der Waals surface area contributed by atoms with Crippen LogP contribution in [0, 0.1) is 17.8 Å². The van der Waals surface area contributed by atoms with Gasteiger partial charge in [0.1, 0.15) is 5.75 Å². The Labute approximate surface area is 117 Å². The zero-order valence-electron chi connectivity index (χ0n) is 10.9. The van der Waals surface area contributed by atoms with E-state index in [1.807, 2.05) is 0 Å². The van der Waals surface area contributed by atoms with Gasteiger partial charge in [0.2, 0.25) is 0 Å². The summed E-state index contributed by atoms with van der Waals surface area (Å²) >= 11 is 3.68. The largest absolute Gasteiger partial charge is 0.497 e. The number of methoxy groups -OCH3 is 1. The minimum Gasteiger partial charge on any atom is -0.497 e. The first kappa shape index (κ1) is 12.5. The van der Waals surface area contributed by atoms with Crippen molar-refractivity contribution in [1.29, 1.82) is 0 Å². The number of benzene rings is 1. The smallest absolute Gasteiger partial charge is 0.120 e. The molecule has 3 unspecified atom stereocenters. The Bertz CT molecular complexity index is 438. The molecule has 2 nitrogen and oxygen atoms in total. The van der Waals surface area contributed by atoms with Crippen molar-refractivity contribution in [2.24, 2.45) is 17.8 Å². The fourth-order valence-electron chi connectivity index (χ4n) is 3.57.